The molecule has 1 aromatic rings. The Morgan fingerprint density at radius 1 is 1.17 bits per heavy atom. The van der Waals surface area contributed by atoms with Crippen molar-refractivity contribution in [3.8, 4) is 0 Å². The fourth-order valence-electron chi connectivity index (χ4n) is 1.14. The summed E-state index contributed by atoms with van der Waals surface area (Å²) in [7, 11) is 0. The summed E-state index contributed by atoms with van der Waals surface area (Å²) in [6.45, 7) is 0.229. The molecular weight excluding hydrogens is 321 g/mol. The second kappa shape index (κ2) is 8.91. The third-order valence-electron chi connectivity index (χ3n) is 1.99. The van der Waals surface area contributed by atoms with Crippen molar-refractivity contribution >= 4 is 45.8 Å². The summed E-state index contributed by atoms with van der Waals surface area (Å²) in [5.41, 5.74) is 5.83. The highest BCUT2D eigenvalue weighted by Gasteiger charge is 2.03. The standard InChI is InChI=1S/C11H14BrN3O2.ClH/c12-8-1-3-9(4-2-8)15-10(16)5-6-14-11(17)7-13;/h1-4H,5-7,13H2,(H,14,17)(H,15,16);1H. The summed E-state index contributed by atoms with van der Waals surface area (Å²) >= 11 is 3.31. The van der Waals surface area contributed by atoms with Gasteiger partial charge in [-0.15, -0.1) is 12.4 Å². The summed E-state index contributed by atoms with van der Waals surface area (Å²) in [4.78, 5) is 22.3. The van der Waals surface area contributed by atoms with E-state index in [-0.39, 0.29) is 37.2 Å². The first-order chi connectivity index (χ1) is 8.11. The molecule has 0 atom stereocenters. The summed E-state index contributed by atoms with van der Waals surface area (Å²) in [5.74, 6) is -0.411. The van der Waals surface area contributed by atoms with Crippen molar-refractivity contribution in [2.45, 2.75) is 6.42 Å². The third-order valence-corrected chi connectivity index (χ3v) is 2.52. The van der Waals surface area contributed by atoms with Crippen molar-refractivity contribution in [2.24, 2.45) is 5.73 Å². The van der Waals surface area contributed by atoms with Crippen molar-refractivity contribution in [3.05, 3.63) is 28.7 Å². The second-order valence-electron chi connectivity index (χ2n) is 3.36. The molecule has 1 rings (SSSR count). The van der Waals surface area contributed by atoms with E-state index in [1.54, 1.807) is 12.1 Å². The minimum Gasteiger partial charge on any atom is -0.354 e. The number of carbonyl (C=O) groups is 2. The Hall–Kier alpha value is -1.11. The Balaban J connectivity index is 0.00000289. The number of hydrogen-bond acceptors (Lipinski definition) is 3. The average Bonchev–Trinajstić information content (AvgIpc) is 2.32. The zero-order valence-electron chi connectivity index (χ0n) is 9.61. The van der Waals surface area contributed by atoms with Crippen molar-refractivity contribution < 1.29 is 9.59 Å². The topological polar surface area (TPSA) is 84.2 Å². The number of nitrogens with two attached hydrogens (primary N) is 1. The van der Waals surface area contributed by atoms with Crippen LogP contribution in [0.25, 0.3) is 0 Å². The number of amides is 2. The molecule has 0 spiro atoms. The summed E-state index contributed by atoms with van der Waals surface area (Å²) in [6.07, 6.45) is 0.224. The normalized spacial score (nSPS) is 9.22. The SMILES string of the molecule is Cl.NCC(=O)NCCC(=O)Nc1ccc(Br)cc1. The molecule has 0 saturated heterocycles. The maximum absolute atomic E-state index is 11.5. The van der Waals surface area contributed by atoms with Crippen LogP contribution < -0.4 is 16.4 Å². The van der Waals surface area contributed by atoms with Gasteiger partial charge < -0.3 is 16.4 Å². The summed E-state index contributed by atoms with van der Waals surface area (Å²) in [6, 6.07) is 7.26. The number of benzene rings is 1. The predicted octanol–water partition coefficient (Wildman–Crippen LogP) is 1.27. The Labute approximate surface area is 120 Å². The van der Waals surface area contributed by atoms with Gasteiger partial charge in [0.2, 0.25) is 11.8 Å². The summed E-state index contributed by atoms with van der Waals surface area (Å²) in [5, 5.41) is 5.24. The molecule has 18 heavy (non-hydrogen) atoms. The van der Waals surface area contributed by atoms with Gasteiger partial charge in [0.15, 0.2) is 0 Å². The van der Waals surface area contributed by atoms with Gasteiger partial charge >= 0.3 is 0 Å². The van der Waals surface area contributed by atoms with E-state index in [1.807, 2.05) is 12.1 Å². The van der Waals surface area contributed by atoms with Gasteiger partial charge in [-0.05, 0) is 24.3 Å². The van der Waals surface area contributed by atoms with E-state index in [0.29, 0.717) is 6.54 Å². The zero-order chi connectivity index (χ0) is 12.7. The third kappa shape index (κ3) is 6.58. The lowest BCUT2D eigenvalue weighted by molar-refractivity contribution is -0.120. The Morgan fingerprint density at radius 3 is 2.33 bits per heavy atom. The molecule has 0 aliphatic rings. The van der Waals surface area contributed by atoms with E-state index in [0.717, 1.165) is 10.2 Å². The first kappa shape index (κ1) is 16.9. The highest BCUT2D eigenvalue weighted by molar-refractivity contribution is 9.10. The minimum absolute atomic E-state index is 0. The second-order valence-corrected chi connectivity index (χ2v) is 4.27. The smallest absolute Gasteiger partial charge is 0.233 e. The Morgan fingerprint density at radius 2 is 1.78 bits per heavy atom. The van der Waals surface area contributed by atoms with Crippen molar-refractivity contribution in [2.75, 3.05) is 18.4 Å². The van der Waals surface area contributed by atoms with Crippen LogP contribution in [0.1, 0.15) is 6.42 Å². The van der Waals surface area contributed by atoms with Gasteiger partial charge in [-0.1, -0.05) is 15.9 Å². The fourth-order valence-corrected chi connectivity index (χ4v) is 1.41. The highest BCUT2D eigenvalue weighted by atomic mass is 79.9. The van der Waals surface area contributed by atoms with Gasteiger partial charge in [0.05, 0.1) is 6.54 Å². The van der Waals surface area contributed by atoms with E-state index in [9.17, 15) is 9.59 Å². The van der Waals surface area contributed by atoms with Crippen LogP contribution in [0.3, 0.4) is 0 Å². The van der Waals surface area contributed by atoms with Crippen LogP contribution in [-0.2, 0) is 9.59 Å². The molecule has 1 aromatic carbocycles. The van der Waals surface area contributed by atoms with Crippen LogP contribution in [0.4, 0.5) is 5.69 Å². The van der Waals surface area contributed by atoms with Gasteiger partial charge in [-0.25, -0.2) is 0 Å². The number of rotatable bonds is 5. The highest BCUT2D eigenvalue weighted by Crippen LogP contribution is 2.13. The van der Waals surface area contributed by atoms with E-state index in [4.69, 9.17) is 5.73 Å². The molecule has 0 unspecified atom stereocenters. The molecular formula is C11H15BrClN3O2. The first-order valence-corrected chi connectivity index (χ1v) is 5.93. The lowest BCUT2D eigenvalue weighted by atomic mass is 10.3. The van der Waals surface area contributed by atoms with Crippen LogP contribution in [0.2, 0.25) is 0 Å². The Kier molecular flexibility index (Phi) is 8.36. The monoisotopic (exact) mass is 335 g/mol. The molecule has 2 amide bonds. The van der Waals surface area contributed by atoms with Crippen molar-refractivity contribution in [3.63, 3.8) is 0 Å². The van der Waals surface area contributed by atoms with Crippen LogP contribution in [-0.4, -0.2) is 24.9 Å². The lowest BCUT2D eigenvalue weighted by Crippen LogP contribution is -2.32. The molecule has 0 aromatic heterocycles. The van der Waals surface area contributed by atoms with E-state index >= 15 is 0 Å². The quantitative estimate of drug-likeness (QED) is 0.757. The maximum atomic E-state index is 11.5. The summed E-state index contributed by atoms with van der Waals surface area (Å²) < 4.78 is 0.950. The molecule has 0 bridgehead atoms. The van der Waals surface area contributed by atoms with Gasteiger partial charge in [0.1, 0.15) is 0 Å². The minimum atomic E-state index is -0.263. The van der Waals surface area contributed by atoms with E-state index < -0.39 is 0 Å². The van der Waals surface area contributed by atoms with Gasteiger partial charge in [-0.3, -0.25) is 9.59 Å². The van der Waals surface area contributed by atoms with Crippen LogP contribution >= 0.6 is 28.3 Å². The van der Waals surface area contributed by atoms with Crippen molar-refractivity contribution in [1.82, 2.24) is 5.32 Å². The van der Waals surface area contributed by atoms with Crippen molar-refractivity contribution in [1.29, 1.82) is 0 Å². The molecule has 100 valence electrons. The molecule has 0 heterocycles. The number of anilines is 1. The molecule has 7 heteroatoms. The molecule has 0 aliphatic heterocycles. The number of carbonyl (C=O) groups excluding carboxylic acids is 2. The van der Waals surface area contributed by atoms with Gasteiger partial charge in [0.25, 0.3) is 0 Å². The molecule has 5 nitrogen and oxygen atoms in total. The van der Waals surface area contributed by atoms with Crippen LogP contribution in [0.15, 0.2) is 28.7 Å². The Bertz CT molecular complexity index is 398. The average molecular weight is 337 g/mol. The molecule has 0 saturated carbocycles. The predicted molar refractivity (Wildman–Crippen MR) is 76.7 cm³/mol. The van der Waals surface area contributed by atoms with Gasteiger partial charge in [0, 0.05) is 23.1 Å². The lowest BCUT2D eigenvalue weighted by Gasteiger charge is -2.06. The first-order valence-electron chi connectivity index (χ1n) is 5.14. The van der Waals surface area contributed by atoms with E-state index in [1.165, 1.54) is 0 Å². The molecule has 0 aliphatic carbocycles. The zero-order valence-corrected chi connectivity index (χ0v) is 12.0. The number of hydrogen-bond donors (Lipinski definition) is 3. The number of nitrogens with one attached hydrogen (secondary N) is 2. The molecule has 0 radical (unpaired) electrons. The van der Waals surface area contributed by atoms with Crippen LogP contribution in [0, 0.1) is 0 Å². The van der Waals surface area contributed by atoms with Crippen LogP contribution in [0.5, 0.6) is 0 Å². The van der Waals surface area contributed by atoms with Gasteiger partial charge in [-0.2, -0.15) is 0 Å². The van der Waals surface area contributed by atoms with E-state index in [2.05, 4.69) is 26.6 Å². The largest absolute Gasteiger partial charge is 0.354 e. The maximum Gasteiger partial charge on any atom is 0.233 e. The molecule has 0 fully saturated rings. The molecule has 4 N–H and O–H groups in total. The number of halogens is 2. The fraction of sp³-hybridized carbons (Fsp3) is 0.273.